The topological polar surface area (TPSA) is 93.6 Å². The predicted molar refractivity (Wildman–Crippen MR) is 120 cm³/mol. The second-order valence-electron chi connectivity index (χ2n) is 7.85. The summed E-state index contributed by atoms with van der Waals surface area (Å²) in [5.74, 6) is 1.15. The summed E-state index contributed by atoms with van der Waals surface area (Å²) in [5.41, 5.74) is -0.390. The van der Waals surface area contributed by atoms with Crippen molar-refractivity contribution >= 4 is 16.8 Å². The maximum absolute atomic E-state index is 13.0. The first-order chi connectivity index (χ1) is 15.0. The molecular formula is C23H33N3O5. The Labute approximate surface area is 182 Å². The van der Waals surface area contributed by atoms with Crippen molar-refractivity contribution in [1.82, 2.24) is 14.5 Å². The average molecular weight is 432 g/mol. The molecule has 1 saturated heterocycles. The van der Waals surface area contributed by atoms with Crippen LogP contribution in [0.4, 0.5) is 0 Å². The number of likely N-dealkylation sites (tertiary alicyclic amines) is 1. The molecule has 31 heavy (non-hydrogen) atoms. The fourth-order valence-corrected chi connectivity index (χ4v) is 4.02. The summed E-state index contributed by atoms with van der Waals surface area (Å²) in [5, 5.41) is 0.382. The molecular weight excluding hydrogens is 398 g/mol. The number of fused-ring (bicyclic) bond motifs is 1. The van der Waals surface area contributed by atoms with Gasteiger partial charge in [0.15, 0.2) is 11.5 Å². The van der Waals surface area contributed by atoms with Crippen molar-refractivity contribution in [3.8, 4) is 11.5 Å². The van der Waals surface area contributed by atoms with Crippen molar-refractivity contribution in [2.75, 3.05) is 26.3 Å². The Kier molecular flexibility index (Phi) is 8.14. The lowest BCUT2D eigenvalue weighted by Crippen LogP contribution is -2.35. The maximum atomic E-state index is 13.0. The third-order valence-corrected chi connectivity index (χ3v) is 5.63. The van der Waals surface area contributed by atoms with Crippen molar-refractivity contribution in [1.29, 1.82) is 0 Å². The molecule has 8 nitrogen and oxygen atoms in total. The number of carbonyl (C=O) groups is 1. The summed E-state index contributed by atoms with van der Waals surface area (Å²) in [6, 6.07) is 3.26. The van der Waals surface area contributed by atoms with E-state index in [1.165, 1.54) is 17.4 Å². The molecule has 1 fully saturated rings. The van der Waals surface area contributed by atoms with E-state index in [1.54, 1.807) is 12.1 Å². The first-order valence-electron chi connectivity index (χ1n) is 11.4. The molecule has 0 unspecified atom stereocenters. The third kappa shape index (κ3) is 5.68. The number of aromatic amines is 1. The first kappa shape index (κ1) is 22.9. The highest BCUT2D eigenvalue weighted by molar-refractivity contribution is 5.81. The normalized spacial score (nSPS) is 14.5. The Morgan fingerprint density at radius 3 is 2.26 bits per heavy atom. The minimum Gasteiger partial charge on any atom is -0.490 e. The number of hydrogen-bond acceptors (Lipinski definition) is 5. The van der Waals surface area contributed by atoms with Gasteiger partial charge in [0, 0.05) is 32.1 Å². The van der Waals surface area contributed by atoms with Crippen molar-refractivity contribution in [3.63, 3.8) is 0 Å². The van der Waals surface area contributed by atoms with E-state index < -0.39 is 5.69 Å². The fourth-order valence-electron chi connectivity index (χ4n) is 4.02. The van der Waals surface area contributed by atoms with Gasteiger partial charge in [0.05, 0.1) is 24.1 Å². The molecule has 1 aliphatic rings. The minimum absolute atomic E-state index is 0.173. The molecule has 0 spiro atoms. The van der Waals surface area contributed by atoms with Gasteiger partial charge in [0.2, 0.25) is 5.91 Å². The van der Waals surface area contributed by atoms with Gasteiger partial charge >= 0.3 is 5.69 Å². The van der Waals surface area contributed by atoms with Crippen LogP contribution >= 0.6 is 0 Å². The van der Waals surface area contributed by atoms with E-state index in [2.05, 4.69) is 4.98 Å². The number of carbonyl (C=O) groups excluding carboxylic acids is 1. The summed E-state index contributed by atoms with van der Waals surface area (Å²) < 4.78 is 12.4. The number of nitrogens with zero attached hydrogens (tertiary/aromatic N) is 2. The van der Waals surface area contributed by atoms with E-state index in [-0.39, 0.29) is 18.0 Å². The van der Waals surface area contributed by atoms with Gasteiger partial charge in [-0.15, -0.1) is 0 Å². The number of amides is 1. The number of nitrogens with one attached hydrogen (secondary N) is 1. The van der Waals surface area contributed by atoms with Crippen LogP contribution in [0.1, 0.15) is 58.8 Å². The Morgan fingerprint density at radius 2 is 1.61 bits per heavy atom. The molecule has 0 radical (unpaired) electrons. The lowest BCUT2D eigenvalue weighted by atomic mass is 10.2. The zero-order valence-electron chi connectivity index (χ0n) is 18.6. The number of ether oxygens (including phenoxy) is 2. The smallest absolute Gasteiger partial charge is 0.328 e. The SMILES string of the molecule is CCOc1cc2[nH]c(=O)n(CCCCC(=O)N3CCCCCC3)c(=O)c2cc1OCC. The van der Waals surface area contributed by atoms with Gasteiger partial charge in [0.1, 0.15) is 0 Å². The zero-order chi connectivity index (χ0) is 22.2. The molecule has 1 amide bonds. The van der Waals surface area contributed by atoms with Crippen LogP contribution in [0.5, 0.6) is 11.5 Å². The largest absolute Gasteiger partial charge is 0.490 e. The van der Waals surface area contributed by atoms with Gasteiger partial charge in [-0.2, -0.15) is 0 Å². The second kappa shape index (κ2) is 11.0. The molecule has 3 rings (SSSR count). The Bertz CT molecular complexity index is 1000. The van der Waals surface area contributed by atoms with Gasteiger partial charge < -0.3 is 19.4 Å². The number of hydrogen-bond donors (Lipinski definition) is 1. The number of benzene rings is 1. The van der Waals surface area contributed by atoms with E-state index in [0.717, 1.165) is 25.9 Å². The van der Waals surface area contributed by atoms with Crippen LogP contribution in [0, 0.1) is 0 Å². The van der Waals surface area contributed by atoms with Gasteiger partial charge in [-0.1, -0.05) is 12.8 Å². The van der Waals surface area contributed by atoms with Crippen LogP contribution in [0.2, 0.25) is 0 Å². The zero-order valence-corrected chi connectivity index (χ0v) is 18.6. The molecule has 2 aromatic rings. The predicted octanol–water partition coefficient (Wildman–Crippen LogP) is 3.06. The number of H-pyrrole nitrogens is 1. The van der Waals surface area contributed by atoms with Crippen molar-refractivity contribution < 1.29 is 14.3 Å². The average Bonchev–Trinajstić information content (AvgIpc) is 3.04. The summed E-state index contributed by atoms with van der Waals surface area (Å²) in [4.78, 5) is 42.6. The van der Waals surface area contributed by atoms with Gasteiger partial charge in [-0.3, -0.25) is 14.2 Å². The van der Waals surface area contributed by atoms with Crippen LogP contribution < -0.4 is 20.7 Å². The maximum Gasteiger partial charge on any atom is 0.328 e. The minimum atomic E-state index is -0.456. The van der Waals surface area contributed by atoms with Crippen molar-refractivity contribution in [3.05, 3.63) is 33.0 Å². The summed E-state index contributed by atoms with van der Waals surface area (Å²) >= 11 is 0. The van der Waals surface area contributed by atoms with Crippen molar-refractivity contribution in [2.45, 2.75) is 65.3 Å². The summed E-state index contributed by atoms with van der Waals surface area (Å²) in [6.07, 6.45) is 6.20. The first-order valence-corrected chi connectivity index (χ1v) is 11.4. The Morgan fingerprint density at radius 1 is 0.968 bits per heavy atom. The highest BCUT2D eigenvalue weighted by Gasteiger charge is 2.16. The van der Waals surface area contributed by atoms with E-state index in [0.29, 0.717) is 54.9 Å². The Balaban J connectivity index is 1.70. The lowest BCUT2D eigenvalue weighted by Gasteiger charge is -2.20. The molecule has 0 atom stereocenters. The highest BCUT2D eigenvalue weighted by atomic mass is 16.5. The van der Waals surface area contributed by atoms with Crippen LogP contribution in [-0.4, -0.2) is 46.7 Å². The molecule has 0 saturated carbocycles. The van der Waals surface area contributed by atoms with Crippen LogP contribution in [0.25, 0.3) is 10.9 Å². The van der Waals surface area contributed by atoms with Crippen LogP contribution in [0.15, 0.2) is 21.7 Å². The molecule has 0 aliphatic carbocycles. The molecule has 1 aliphatic heterocycles. The number of unbranched alkanes of at least 4 members (excludes halogenated alkanes) is 1. The van der Waals surface area contributed by atoms with Crippen molar-refractivity contribution in [2.24, 2.45) is 0 Å². The van der Waals surface area contributed by atoms with E-state index in [4.69, 9.17) is 9.47 Å². The molecule has 2 heterocycles. The van der Waals surface area contributed by atoms with Gasteiger partial charge in [0.25, 0.3) is 5.56 Å². The lowest BCUT2D eigenvalue weighted by molar-refractivity contribution is -0.131. The number of rotatable bonds is 9. The summed E-state index contributed by atoms with van der Waals surface area (Å²) in [7, 11) is 0. The van der Waals surface area contributed by atoms with Crippen LogP contribution in [-0.2, 0) is 11.3 Å². The summed E-state index contributed by atoms with van der Waals surface area (Å²) in [6.45, 7) is 6.56. The van der Waals surface area contributed by atoms with Gasteiger partial charge in [-0.05, 0) is 45.6 Å². The monoisotopic (exact) mass is 431 g/mol. The molecule has 1 aromatic carbocycles. The third-order valence-electron chi connectivity index (χ3n) is 5.63. The molecule has 1 aromatic heterocycles. The number of aromatic nitrogens is 2. The van der Waals surface area contributed by atoms with E-state index in [1.807, 2.05) is 18.7 Å². The van der Waals surface area contributed by atoms with E-state index in [9.17, 15) is 14.4 Å². The molecule has 1 N–H and O–H groups in total. The second-order valence-corrected chi connectivity index (χ2v) is 7.85. The molecule has 170 valence electrons. The fraction of sp³-hybridized carbons (Fsp3) is 0.609. The standard InChI is InChI=1S/C23H33N3O5/c1-3-30-19-15-17-18(16-20(19)31-4-2)24-23(29)26(22(17)28)14-10-7-11-21(27)25-12-8-5-6-9-13-25/h15-16H,3-14H2,1-2H3,(H,24,29). The van der Waals surface area contributed by atoms with Gasteiger partial charge in [-0.25, -0.2) is 4.79 Å². The molecule has 8 heteroatoms. The quantitative estimate of drug-likeness (QED) is 0.616. The Hall–Kier alpha value is -2.77. The van der Waals surface area contributed by atoms with Crippen LogP contribution in [0.3, 0.4) is 0 Å². The highest BCUT2D eigenvalue weighted by Crippen LogP contribution is 2.30. The van der Waals surface area contributed by atoms with E-state index >= 15 is 0 Å². The molecule has 0 bridgehead atoms.